The lowest BCUT2D eigenvalue weighted by Gasteiger charge is -2.20. The number of benzene rings is 1. The molecule has 0 aromatic heterocycles. The zero-order valence-electron chi connectivity index (χ0n) is 11.4. The predicted molar refractivity (Wildman–Crippen MR) is 73.5 cm³/mol. The van der Waals surface area contributed by atoms with Crippen molar-refractivity contribution in [1.29, 1.82) is 0 Å². The average Bonchev–Trinajstić information content (AvgIpc) is 2.43. The number of hydrogen-bond acceptors (Lipinski definition) is 3. The van der Waals surface area contributed by atoms with Crippen molar-refractivity contribution in [1.82, 2.24) is 4.90 Å². The zero-order valence-corrected chi connectivity index (χ0v) is 11.4. The van der Waals surface area contributed by atoms with Gasteiger partial charge < -0.3 is 14.4 Å². The Hall–Kier alpha value is -1.22. The summed E-state index contributed by atoms with van der Waals surface area (Å²) in [4.78, 5) is 2.46. The molecule has 0 aliphatic carbocycles. The van der Waals surface area contributed by atoms with Crippen molar-refractivity contribution in [3.63, 3.8) is 0 Å². The molecule has 0 N–H and O–H groups in total. The van der Waals surface area contributed by atoms with Crippen molar-refractivity contribution < 1.29 is 9.47 Å². The summed E-state index contributed by atoms with van der Waals surface area (Å²) in [5.41, 5.74) is 1.34. The molecule has 2 rings (SSSR count). The van der Waals surface area contributed by atoms with Gasteiger partial charge in [0.1, 0.15) is 13.2 Å². The van der Waals surface area contributed by atoms with Crippen LogP contribution in [0.4, 0.5) is 0 Å². The van der Waals surface area contributed by atoms with E-state index in [9.17, 15) is 0 Å². The second-order valence-corrected chi connectivity index (χ2v) is 4.61. The molecule has 0 unspecified atom stereocenters. The first-order chi connectivity index (χ1) is 8.83. The van der Waals surface area contributed by atoms with Crippen molar-refractivity contribution in [3.8, 4) is 11.5 Å². The SMILES string of the molecule is CCN(CC)CCCc1ccc2c(c1)OCCO2. The summed E-state index contributed by atoms with van der Waals surface area (Å²) in [6.07, 6.45) is 2.30. The van der Waals surface area contributed by atoms with Gasteiger partial charge in [0.2, 0.25) is 0 Å². The molecular weight excluding hydrogens is 226 g/mol. The fourth-order valence-electron chi connectivity index (χ4n) is 2.29. The lowest BCUT2D eigenvalue weighted by molar-refractivity contribution is 0.171. The highest BCUT2D eigenvalue weighted by molar-refractivity contribution is 5.43. The van der Waals surface area contributed by atoms with Crippen molar-refractivity contribution in [2.24, 2.45) is 0 Å². The van der Waals surface area contributed by atoms with Gasteiger partial charge in [0.05, 0.1) is 0 Å². The summed E-state index contributed by atoms with van der Waals surface area (Å²) < 4.78 is 11.1. The van der Waals surface area contributed by atoms with E-state index in [1.54, 1.807) is 0 Å². The van der Waals surface area contributed by atoms with E-state index in [0.29, 0.717) is 13.2 Å². The molecule has 0 saturated carbocycles. The molecule has 100 valence electrons. The van der Waals surface area contributed by atoms with Crippen LogP contribution in [0.15, 0.2) is 18.2 Å². The van der Waals surface area contributed by atoms with Crippen LogP contribution >= 0.6 is 0 Å². The number of hydrogen-bond donors (Lipinski definition) is 0. The molecule has 0 atom stereocenters. The molecule has 1 aliphatic heterocycles. The van der Waals surface area contributed by atoms with Crippen LogP contribution in [0.2, 0.25) is 0 Å². The van der Waals surface area contributed by atoms with E-state index >= 15 is 0 Å². The molecule has 0 radical (unpaired) electrons. The van der Waals surface area contributed by atoms with Crippen LogP contribution in [-0.4, -0.2) is 37.7 Å². The Balaban J connectivity index is 1.86. The minimum Gasteiger partial charge on any atom is -0.486 e. The Bertz CT molecular complexity index is 375. The second-order valence-electron chi connectivity index (χ2n) is 4.61. The van der Waals surface area contributed by atoms with Gasteiger partial charge in [-0.2, -0.15) is 0 Å². The fourth-order valence-corrected chi connectivity index (χ4v) is 2.29. The summed E-state index contributed by atoms with van der Waals surface area (Å²) in [5, 5.41) is 0. The summed E-state index contributed by atoms with van der Waals surface area (Å²) in [6.45, 7) is 9.20. The van der Waals surface area contributed by atoms with Crippen LogP contribution in [0.25, 0.3) is 0 Å². The largest absolute Gasteiger partial charge is 0.486 e. The van der Waals surface area contributed by atoms with E-state index in [-0.39, 0.29) is 0 Å². The van der Waals surface area contributed by atoms with Crippen LogP contribution in [0.3, 0.4) is 0 Å². The maximum absolute atomic E-state index is 5.60. The predicted octanol–water partition coefficient (Wildman–Crippen LogP) is 2.73. The Kier molecular flexibility index (Phi) is 4.88. The van der Waals surface area contributed by atoms with Crippen LogP contribution in [0, 0.1) is 0 Å². The van der Waals surface area contributed by atoms with E-state index in [1.807, 2.05) is 6.07 Å². The third-order valence-corrected chi connectivity index (χ3v) is 3.44. The molecule has 0 saturated heterocycles. The van der Waals surface area contributed by atoms with Gasteiger partial charge in [-0.25, -0.2) is 0 Å². The third-order valence-electron chi connectivity index (χ3n) is 3.44. The van der Waals surface area contributed by atoms with Crippen LogP contribution in [0.1, 0.15) is 25.8 Å². The van der Waals surface area contributed by atoms with Gasteiger partial charge in [0.15, 0.2) is 11.5 Å². The highest BCUT2D eigenvalue weighted by Gasteiger charge is 2.11. The Labute approximate surface area is 110 Å². The third kappa shape index (κ3) is 3.39. The van der Waals surface area contributed by atoms with Gasteiger partial charge in [-0.1, -0.05) is 19.9 Å². The van der Waals surface area contributed by atoms with Crippen molar-refractivity contribution >= 4 is 0 Å². The molecule has 3 heteroatoms. The van der Waals surface area contributed by atoms with E-state index < -0.39 is 0 Å². The highest BCUT2D eigenvalue weighted by Crippen LogP contribution is 2.31. The van der Waals surface area contributed by atoms with Crippen molar-refractivity contribution in [2.45, 2.75) is 26.7 Å². The topological polar surface area (TPSA) is 21.7 Å². The molecule has 0 fully saturated rings. The minimum absolute atomic E-state index is 0.661. The summed E-state index contributed by atoms with van der Waals surface area (Å²) in [7, 11) is 0. The van der Waals surface area contributed by atoms with Gasteiger partial charge in [-0.05, 0) is 50.2 Å². The Morgan fingerprint density at radius 3 is 2.50 bits per heavy atom. The molecule has 1 aromatic rings. The smallest absolute Gasteiger partial charge is 0.161 e. The first kappa shape index (κ1) is 13.2. The molecule has 1 heterocycles. The molecule has 1 aliphatic rings. The van der Waals surface area contributed by atoms with E-state index in [2.05, 4.69) is 30.9 Å². The highest BCUT2D eigenvalue weighted by atomic mass is 16.6. The van der Waals surface area contributed by atoms with Gasteiger partial charge >= 0.3 is 0 Å². The summed E-state index contributed by atoms with van der Waals surface area (Å²) >= 11 is 0. The molecule has 3 nitrogen and oxygen atoms in total. The van der Waals surface area contributed by atoms with Crippen LogP contribution in [0.5, 0.6) is 11.5 Å². The maximum Gasteiger partial charge on any atom is 0.161 e. The number of ether oxygens (including phenoxy) is 2. The normalized spacial score (nSPS) is 13.9. The Morgan fingerprint density at radius 2 is 1.78 bits per heavy atom. The molecule has 0 amide bonds. The van der Waals surface area contributed by atoms with Gasteiger partial charge in [0, 0.05) is 0 Å². The van der Waals surface area contributed by atoms with Gasteiger partial charge in [0.25, 0.3) is 0 Å². The lowest BCUT2D eigenvalue weighted by Crippen LogP contribution is -2.24. The summed E-state index contributed by atoms with van der Waals surface area (Å²) in [5.74, 6) is 1.79. The number of aryl methyl sites for hydroxylation is 1. The lowest BCUT2D eigenvalue weighted by atomic mass is 10.1. The first-order valence-corrected chi connectivity index (χ1v) is 6.94. The maximum atomic E-state index is 5.60. The zero-order chi connectivity index (χ0) is 12.8. The fraction of sp³-hybridized carbons (Fsp3) is 0.600. The van der Waals surface area contributed by atoms with Gasteiger partial charge in [-0.15, -0.1) is 0 Å². The molecule has 18 heavy (non-hydrogen) atoms. The molecule has 0 bridgehead atoms. The quantitative estimate of drug-likeness (QED) is 0.774. The second kappa shape index (κ2) is 6.64. The van der Waals surface area contributed by atoms with Crippen molar-refractivity contribution in [2.75, 3.05) is 32.8 Å². The van der Waals surface area contributed by atoms with Crippen LogP contribution < -0.4 is 9.47 Å². The number of fused-ring (bicyclic) bond motifs is 1. The number of rotatable bonds is 6. The van der Waals surface area contributed by atoms with Crippen molar-refractivity contribution in [3.05, 3.63) is 23.8 Å². The molecular formula is C15H23NO2. The van der Waals surface area contributed by atoms with Crippen LogP contribution in [-0.2, 0) is 6.42 Å². The van der Waals surface area contributed by atoms with E-state index in [1.165, 1.54) is 18.5 Å². The Morgan fingerprint density at radius 1 is 1.06 bits per heavy atom. The minimum atomic E-state index is 0.661. The molecule has 1 aromatic carbocycles. The standard InChI is InChI=1S/C15H23NO2/c1-3-16(4-2)9-5-6-13-7-8-14-15(12-13)18-11-10-17-14/h7-8,12H,3-6,9-11H2,1-2H3. The average molecular weight is 249 g/mol. The number of nitrogens with zero attached hydrogens (tertiary/aromatic N) is 1. The molecule has 0 spiro atoms. The monoisotopic (exact) mass is 249 g/mol. The summed E-state index contributed by atoms with van der Waals surface area (Å²) in [6, 6.07) is 6.30. The van der Waals surface area contributed by atoms with E-state index in [4.69, 9.17) is 9.47 Å². The van der Waals surface area contributed by atoms with E-state index in [0.717, 1.165) is 31.0 Å². The van der Waals surface area contributed by atoms with Gasteiger partial charge in [-0.3, -0.25) is 0 Å². The first-order valence-electron chi connectivity index (χ1n) is 6.94.